The second-order valence-corrected chi connectivity index (χ2v) is 6.16. The van der Waals surface area contributed by atoms with Crippen LogP contribution in [0.3, 0.4) is 0 Å². The number of hydrogen-bond acceptors (Lipinski definition) is 3. The van der Waals surface area contributed by atoms with E-state index >= 15 is 0 Å². The van der Waals surface area contributed by atoms with Crippen molar-refractivity contribution in [3.63, 3.8) is 0 Å². The molecule has 0 spiro atoms. The van der Waals surface area contributed by atoms with Gasteiger partial charge in [-0.3, -0.25) is 10.1 Å². The predicted octanol–water partition coefficient (Wildman–Crippen LogP) is 1.90. The number of carboxylic acid groups (broad SMARTS) is 1. The Morgan fingerprint density at radius 2 is 2.14 bits per heavy atom. The number of aromatic nitrogens is 1. The number of rotatable bonds is 2. The van der Waals surface area contributed by atoms with Crippen LogP contribution in [0.2, 0.25) is 0 Å². The molecule has 1 aromatic heterocycles. The summed E-state index contributed by atoms with van der Waals surface area (Å²) >= 11 is 0. The third kappa shape index (κ3) is 2.57. The van der Waals surface area contributed by atoms with Crippen molar-refractivity contribution in [3.05, 3.63) is 23.4 Å². The van der Waals surface area contributed by atoms with Crippen molar-refractivity contribution in [2.45, 2.75) is 32.6 Å². The first-order chi connectivity index (χ1) is 9.98. The van der Waals surface area contributed by atoms with Crippen LogP contribution in [0, 0.1) is 5.41 Å². The standard InChI is InChI=1S/C15H19N3O3/c1-15(13(19)20)5-6-18(9-15)14(21)17-12-7-10-3-2-4-11(10)8-16-12/h7-8H,2-6,9H2,1H3,(H,19,20)(H,16,17,21). The lowest BCUT2D eigenvalue weighted by atomic mass is 9.90. The van der Waals surface area contributed by atoms with Crippen molar-refractivity contribution >= 4 is 17.8 Å². The quantitative estimate of drug-likeness (QED) is 0.871. The Hall–Kier alpha value is -2.11. The number of amides is 2. The molecule has 1 unspecified atom stereocenters. The van der Waals surface area contributed by atoms with Crippen LogP contribution < -0.4 is 5.32 Å². The van der Waals surface area contributed by atoms with Gasteiger partial charge in [-0.25, -0.2) is 9.78 Å². The van der Waals surface area contributed by atoms with Gasteiger partial charge in [-0.1, -0.05) is 0 Å². The van der Waals surface area contributed by atoms with Crippen LogP contribution in [0.1, 0.15) is 30.9 Å². The smallest absolute Gasteiger partial charge is 0.323 e. The van der Waals surface area contributed by atoms with Gasteiger partial charge < -0.3 is 10.0 Å². The van der Waals surface area contributed by atoms with E-state index in [2.05, 4.69) is 10.3 Å². The molecule has 2 N–H and O–H groups in total. The first-order valence-corrected chi connectivity index (χ1v) is 7.25. The van der Waals surface area contributed by atoms with E-state index in [-0.39, 0.29) is 12.6 Å². The lowest BCUT2D eigenvalue weighted by Crippen LogP contribution is -2.37. The van der Waals surface area contributed by atoms with Crippen molar-refractivity contribution in [3.8, 4) is 0 Å². The Balaban J connectivity index is 1.66. The predicted molar refractivity (Wildman–Crippen MR) is 77.2 cm³/mol. The molecule has 6 heteroatoms. The van der Waals surface area contributed by atoms with Gasteiger partial charge in [-0.05, 0) is 49.8 Å². The van der Waals surface area contributed by atoms with E-state index in [1.807, 2.05) is 12.3 Å². The van der Waals surface area contributed by atoms with Crippen molar-refractivity contribution in [2.75, 3.05) is 18.4 Å². The van der Waals surface area contributed by atoms with Gasteiger partial charge in [0.1, 0.15) is 5.82 Å². The number of nitrogens with one attached hydrogen (secondary N) is 1. The number of anilines is 1. The van der Waals surface area contributed by atoms with Crippen LogP contribution in [0.25, 0.3) is 0 Å². The number of carboxylic acids is 1. The van der Waals surface area contributed by atoms with E-state index in [1.54, 1.807) is 11.8 Å². The van der Waals surface area contributed by atoms with Gasteiger partial charge in [0.2, 0.25) is 0 Å². The van der Waals surface area contributed by atoms with Crippen LogP contribution in [-0.2, 0) is 17.6 Å². The SMILES string of the molecule is CC1(C(=O)O)CCN(C(=O)Nc2cc3c(cn2)CCC3)C1. The molecule has 2 aliphatic rings. The average molecular weight is 289 g/mol. The topological polar surface area (TPSA) is 82.5 Å². The molecular weight excluding hydrogens is 270 g/mol. The van der Waals surface area contributed by atoms with Crippen LogP contribution in [0.5, 0.6) is 0 Å². The fourth-order valence-corrected chi connectivity index (χ4v) is 3.02. The molecule has 1 aliphatic heterocycles. The second kappa shape index (κ2) is 5.02. The molecular formula is C15H19N3O3. The molecule has 1 atom stereocenters. The second-order valence-electron chi connectivity index (χ2n) is 6.16. The van der Waals surface area contributed by atoms with E-state index in [9.17, 15) is 14.7 Å². The summed E-state index contributed by atoms with van der Waals surface area (Å²) < 4.78 is 0. The number of likely N-dealkylation sites (tertiary alicyclic amines) is 1. The number of nitrogens with zero attached hydrogens (tertiary/aromatic N) is 2. The summed E-state index contributed by atoms with van der Waals surface area (Å²) in [5.74, 6) is -0.307. The minimum absolute atomic E-state index is 0.235. The van der Waals surface area contributed by atoms with Crippen molar-refractivity contribution < 1.29 is 14.7 Å². The zero-order valence-electron chi connectivity index (χ0n) is 12.1. The van der Waals surface area contributed by atoms with E-state index in [1.165, 1.54) is 11.1 Å². The number of aliphatic carboxylic acids is 1. The molecule has 1 aromatic rings. The summed E-state index contributed by atoms with van der Waals surface area (Å²) in [6, 6.07) is 1.65. The number of hydrogen-bond donors (Lipinski definition) is 2. The van der Waals surface area contributed by atoms with E-state index in [0.717, 1.165) is 19.3 Å². The number of carbonyl (C=O) groups is 2. The largest absolute Gasteiger partial charge is 0.481 e. The highest BCUT2D eigenvalue weighted by atomic mass is 16.4. The Morgan fingerprint density at radius 3 is 2.86 bits per heavy atom. The third-order valence-electron chi connectivity index (χ3n) is 4.49. The maximum absolute atomic E-state index is 12.2. The van der Waals surface area contributed by atoms with Gasteiger partial charge in [0.15, 0.2) is 0 Å². The summed E-state index contributed by atoms with van der Waals surface area (Å²) in [6.45, 7) is 2.37. The maximum Gasteiger partial charge on any atom is 0.323 e. The third-order valence-corrected chi connectivity index (χ3v) is 4.49. The van der Waals surface area contributed by atoms with Crippen LogP contribution >= 0.6 is 0 Å². The molecule has 0 radical (unpaired) electrons. The van der Waals surface area contributed by atoms with Crippen molar-refractivity contribution in [1.29, 1.82) is 0 Å². The number of pyridine rings is 1. The highest BCUT2D eigenvalue weighted by Gasteiger charge is 2.42. The highest BCUT2D eigenvalue weighted by Crippen LogP contribution is 2.30. The fourth-order valence-electron chi connectivity index (χ4n) is 3.02. The van der Waals surface area contributed by atoms with Gasteiger partial charge in [-0.15, -0.1) is 0 Å². The van der Waals surface area contributed by atoms with E-state index in [0.29, 0.717) is 18.8 Å². The van der Waals surface area contributed by atoms with Crippen molar-refractivity contribution in [1.82, 2.24) is 9.88 Å². The van der Waals surface area contributed by atoms with Gasteiger partial charge >= 0.3 is 12.0 Å². The number of aryl methyl sites for hydroxylation is 2. The zero-order chi connectivity index (χ0) is 15.0. The van der Waals surface area contributed by atoms with E-state index < -0.39 is 11.4 Å². The molecule has 1 aliphatic carbocycles. The van der Waals surface area contributed by atoms with Crippen LogP contribution in [0.4, 0.5) is 10.6 Å². The summed E-state index contributed by atoms with van der Waals surface area (Å²) in [4.78, 5) is 29.2. The molecule has 1 fully saturated rings. The van der Waals surface area contributed by atoms with Gasteiger partial charge in [0.05, 0.1) is 5.41 Å². The minimum atomic E-state index is -0.853. The first kappa shape index (κ1) is 13.9. The molecule has 3 rings (SSSR count). The van der Waals surface area contributed by atoms with Crippen LogP contribution in [0.15, 0.2) is 12.3 Å². The normalized spacial score (nSPS) is 24.0. The van der Waals surface area contributed by atoms with Crippen molar-refractivity contribution in [2.24, 2.45) is 5.41 Å². The van der Waals surface area contributed by atoms with E-state index in [4.69, 9.17) is 0 Å². The molecule has 0 bridgehead atoms. The molecule has 1 saturated heterocycles. The Bertz CT molecular complexity index is 602. The highest BCUT2D eigenvalue weighted by molar-refractivity contribution is 5.89. The number of urea groups is 1. The number of fused-ring (bicyclic) bond motifs is 1. The monoisotopic (exact) mass is 289 g/mol. The molecule has 6 nitrogen and oxygen atoms in total. The number of carbonyl (C=O) groups excluding carboxylic acids is 1. The van der Waals surface area contributed by atoms with Gasteiger partial charge in [-0.2, -0.15) is 0 Å². The lowest BCUT2D eigenvalue weighted by molar-refractivity contribution is -0.146. The molecule has 2 amide bonds. The summed E-state index contributed by atoms with van der Waals surface area (Å²) in [6.07, 6.45) is 5.52. The molecule has 0 aromatic carbocycles. The minimum Gasteiger partial charge on any atom is -0.481 e. The first-order valence-electron chi connectivity index (χ1n) is 7.25. The average Bonchev–Trinajstić information content (AvgIpc) is 3.05. The molecule has 112 valence electrons. The van der Waals surface area contributed by atoms with Gasteiger partial charge in [0, 0.05) is 19.3 Å². The molecule has 21 heavy (non-hydrogen) atoms. The van der Waals surface area contributed by atoms with Crippen LogP contribution in [-0.4, -0.2) is 40.1 Å². The Morgan fingerprint density at radius 1 is 1.38 bits per heavy atom. The summed E-state index contributed by atoms with van der Waals surface area (Å²) in [7, 11) is 0. The maximum atomic E-state index is 12.2. The lowest BCUT2D eigenvalue weighted by Gasteiger charge is -2.20. The summed E-state index contributed by atoms with van der Waals surface area (Å²) in [5, 5.41) is 12.0. The Kier molecular flexibility index (Phi) is 3.31. The zero-order valence-corrected chi connectivity index (χ0v) is 12.1. The molecule has 2 heterocycles. The summed E-state index contributed by atoms with van der Waals surface area (Å²) in [5.41, 5.74) is 1.66. The fraction of sp³-hybridized carbons (Fsp3) is 0.533. The molecule has 0 saturated carbocycles. The Labute approximate surface area is 123 Å². The van der Waals surface area contributed by atoms with Gasteiger partial charge in [0.25, 0.3) is 0 Å².